The number of amides is 1. The molecule has 1 atom stereocenters. The highest BCUT2D eigenvalue weighted by Crippen LogP contribution is 2.35. The van der Waals surface area contributed by atoms with Crippen molar-refractivity contribution in [1.82, 2.24) is 4.90 Å². The molecule has 1 rings (SSSR count). The summed E-state index contributed by atoms with van der Waals surface area (Å²) in [5.41, 5.74) is 9.52. The summed E-state index contributed by atoms with van der Waals surface area (Å²) in [5, 5.41) is 12.8. The van der Waals surface area contributed by atoms with E-state index in [0.717, 1.165) is 4.90 Å². The van der Waals surface area contributed by atoms with Gasteiger partial charge in [0.15, 0.2) is 0 Å². The zero-order chi connectivity index (χ0) is 19.7. The molecule has 0 heterocycles. The lowest BCUT2D eigenvalue weighted by Crippen LogP contribution is -2.44. The fraction of sp³-hybridized carbons (Fsp3) is 0.500. The lowest BCUT2D eigenvalue weighted by Gasteiger charge is -2.25. The molecule has 8 nitrogen and oxygen atoms in total. The van der Waals surface area contributed by atoms with Gasteiger partial charge in [0.2, 0.25) is 0 Å². The molecule has 0 aliphatic heterocycles. The Morgan fingerprint density at radius 3 is 2.46 bits per heavy atom. The SMILES string of the molecule is CN(C(=O)OCc1ccc(N=[N+]=[N-])cc1)C(CSSC(C)(C)C)C(=O)O. The van der Waals surface area contributed by atoms with Crippen LogP contribution in [0.2, 0.25) is 0 Å². The average molecular weight is 399 g/mol. The van der Waals surface area contributed by atoms with Gasteiger partial charge in [-0.3, -0.25) is 4.90 Å². The molecule has 1 unspecified atom stereocenters. The molecule has 1 aromatic rings. The van der Waals surface area contributed by atoms with Crippen LogP contribution in [0.15, 0.2) is 29.4 Å². The maximum atomic E-state index is 12.1. The van der Waals surface area contributed by atoms with E-state index in [9.17, 15) is 14.7 Å². The highest BCUT2D eigenvalue weighted by Gasteiger charge is 2.28. The van der Waals surface area contributed by atoms with Crippen LogP contribution in [0.1, 0.15) is 26.3 Å². The minimum Gasteiger partial charge on any atom is -0.480 e. The fourth-order valence-corrected chi connectivity index (χ4v) is 4.28. The van der Waals surface area contributed by atoms with Crippen molar-refractivity contribution < 1.29 is 19.4 Å². The molecule has 0 radical (unpaired) electrons. The van der Waals surface area contributed by atoms with Crippen molar-refractivity contribution in [3.8, 4) is 0 Å². The Morgan fingerprint density at radius 1 is 1.35 bits per heavy atom. The molecule has 142 valence electrons. The van der Waals surface area contributed by atoms with E-state index >= 15 is 0 Å². The first kappa shape index (κ1) is 22.0. The summed E-state index contributed by atoms with van der Waals surface area (Å²) in [5.74, 6) is -0.825. The normalized spacial score (nSPS) is 12.0. The highest BCUT2D eigenvalue weighted by molar-refractivity contribution is 8.77. The van der Waals surface area contributed by atoms with Crippen molar-refractivity contribution in [3.63, 3.8) is 0 Å². The predicted octanol–water partition coefficient (Wildman–Crippen LogP) is 4.83. The van der Waals surface area contributed by atoms with Crippen LogP contribution in [0.3, 0.4) is 0 Å². The maximum absolute atomic E-state index is 12.1. The molecular weight excluding hydrogens is 376 g/mol. The van der Waals surface area contributed by atoms with Crippen LogP contribution in [-0.2, 0) is 16.1 Å². The summed E-state index contributed by atoms with van der Waals surface area (Å²) in [6.45, 7) is 6.10. The van der Waals surface area contributed by atoms with Gasteiger partial charge in [0, 0.05) is 28.1 Å². The molecule has 0 aliphatic carbocycles. The van der Waals surface area contributed by atoms with E-state index in [2.05, 4.69) is 10.0 Å². The van der Waals surface area contributed by atoms with Crippen molar-refractivity contribution in [2.75, 3.05) is 12.8 Å². The molecule has 0 aromatic heterocycles. The Kier molecular flexibility index (Phi) is 8.64. The zero-order valence-electron chi connectivity index (χ0n) is 15.1. The third-order valence-corrected chi connectivity index (χ3v) is 6.37. The minimum absolute atomic E-state index is 0.00402. The van der Waals surface area contributed by atoms with Crippen molar-refractivity contribution in [1.29, 1.82) is 0 Å². The molecule has 26 heavy (non-hydrogen) atoms. The van der Waals surface area contributed by atoms with E-state index in [4.69, 9.17) is 10.3 Å². The first-order valence-electron chi connectivity index (χ1n) is 7.71. The molecular formula is C16H22N4O4S2. The number of benzene rings is 1. The monoisotopic (exact) mass is 398 g/mol. The molecule has 1 aromatic carbocycles. The van der Waals surface area contributed by atoms with Crippen LogP contribution in [0.4, 0.5) is 10.5 Å². The quantitative estimate of drug-likeness (QED) is 0.290. The van der Waals surface area contributed by atoms with Crippen LogP contribution in [-0.4, -0.2) is 45.7 Å². The van der Waals surface area contributed by atoms with Crippen molar-refractivity contribution >= 4 is 39.3 Å². The summed E-state index contributed by atoms with van der Waals surface area (Å²) < 4.78 is 5.17. The number of carboxylic acid groups (broad SMARTS) is 1. The van der Waals surface area contributed by atoms with E-state index in [1.165, 1.54) is 17.8 Å². The molecule has 1 N–H and O–H groups in total. The Labute approximate surface area is 160 Å². The number of aliphatic carboxylic acids is 1. The summed E-state index contributed by atoms with van der Waals surface area (Å²) >= 11 is 0. The number of rotatable bonds is 8. The van der Waals surface area contributed by atoms with Crippen LogP contribution in [0.5, 0.6) is 0 Å². The van der Waals surface area contributed by atoms with Crippen LogP contribution in [0.25, 0.3) is 10.4 Å². The van der Waals surface area contributed by atoms with Gasteiger partial charge in [-0.05, 0) is 11.1 Å². The second-order valence-electron chi connectivity index (χ2n) is 6.36. The van der Waals surface area contributed by atoms with Crippen LogP contribution in [0, 0.1) is 0 Å². The number of hydrogen-bond acceptors (Lipinski definition) is 6. The van der Waals surface area contributed by atoms with Crippen molar-refractivity contribution in [2.24, 2.45) is 5.11 Å². The molecule has 0 aliphatic rings. The standard InChI is InChI=1S/C16H22N4O4S2/c1-16(2,3)26-25-10-13(14(21)22)20(4)15(23)24-9-11-5-7-12(8-6-11)18-19-17/h5-8,13H,9-10H2,1-4H3,(H,21,22). The molecule has 0 bridgehead atoms. The number of likely N-dealkylation sites (N-methyl/N-ethyl adjacent to an activating group) is 1. The van der Waals surface area contributed by atoms with E-state index in [0.29, 0.717) is 11.3 Å². The van der Waals surface area contributed by atoms with Gasteiger partial charge in [-0.25, -0.2) is 9.59 Å². The van der Waals surface area contributed by atoms with Gasteiger partial charge in [0.1, 0.15) is 12.6 Å². The number of hydrogen-bond donors (Lipinski definition) is 1. The van der Waals surface area contributed by atoms with Crippen LogP contribution < -0.4 is 0 Å². The number of nitrogens with zero attached hydrogens (tertiary/aromatic N) is 4. The highest BCUT2D eigenvalue weighted by atomic mass is 33.1. The van der Waals surface area contributed by atoms with Crippen molar-refractivity contribution in [3.05, 3.63) is 40.3 Å². The number of carbonyl (C=O) groups is 2. The lowest BCUT2D eigenvalue weighted by molar-refractivity contribution is -0.141. The van der Waals surface area contributed by atoms with Gasteiger partial charge >= 0.3 is 12.1 Å². The number of azide groups is 1. The van der Waals surface area contributed by atoms with Gasteiger partial charge in [-0.2, -0.15) is 0 Å². The second kappa shape index (κ2) is 10.2. The molecule has 10 heteroatoms. The van der Waals surface area contributed by atoms with E-state index in [1.807, 2.05) is 20.8 Å². The van der Waals surface area contributed by atoms with E-state index in [1.54, 1.807) is 35.1 Å². The predicted molar refractivity (Wildman–Crippen MR) is 104 cm³/mol. The topological polar surface area (TPSA) is 116 Å². The minimum atomic E-state index is -1.08. The lowest BCUT2D eigenvalue weighted by atomic mass is 10.2. The first-order valence-corrected chi connectivity index (χ1v) is 10.0. The van der Waals surface area contributed by atoms with Gasteiger partial charge in [-0.15, -0.1) is 0 Å². The smallest absolute Gasteiger partial charge is 0.410 e. The molecule has 0 spiro atoms. The van der Waals surface area contributed by atoms with Gasteiger partial charge in [0.05, 0.1) is 0 Å². The molecule has 1 amide bonds. The Balaban J connectivity index is 2.59. The largest absolute Gasteiger partial charge is 0.480 e. The Bertz CT molecular complexity index is 670. The summed E-state index contributed by atoms with van der Waals surface area (Å²) in [6.07, 6.45) is -0.710. The average Bonchev–Trinajstić information content (AvgIpc) is 2.56. The molecule has 0 fully saturated rings. The fourth-order valence-electron chi connectivity index (χ4n) is 1.71. The zero-order valence-corrected chi connectivity index (χ0v) is 16.7. The summed E-state index contributed by atoms with van der Waals surface area (Å²) in [6, 6.07) is 5.57. The van der Waals surface area contributed by atoms with E-state index < -0.39 is 18.1 Å². The van der Waals surface area contributed by atoms with Crippen LogP contribution >= 0.6 is 21.6 Å². The third-order valence-electron chi connectivity index (χ3n) is 3.03. The summed E-state index contributed by atoms with van der Waals surface area (Å²) in [7, 11) is 4.38. The van der Waals surface area contributed by atoms with Crippen molar-refractivity contribution in [2.45, 2.75) is 38.2 Å². The maximum Gasteiger partial charge on any atom is 0.410 e. The number of carbonyl (C=O) groups excluding carboxylic acids is 1. The third kappa shape index (κ3) is 7.90. The molecule has 0 saturated carbocycles. The molecule has 0 saturated heterocycles. The summed E-state index contributed by atoms with van der Waals surface area (Å²) in [4.78, 5) is 27.4. The number of ether oxygens (including phenoxy) is 1. The van der Waals surface area contributed by atoms with E-state index in [-0.39, 0.29) is 17.1 Å². The van der Waals surface area contributed by atoms with Gasteiger partial charge < -0.3 is 9.84 Å². The van der Waals surface area contributed by atoms with Gasteiger partial charge in [-0.1, -0.05) is 71.7 Å². The second-order valence-corrected chi connectivity index (χ2v) is 9.52. The Morgan fingerprint density at radius 2 is 1.96 bits per heavy atom. The number of carboxylic acids is 1. The first-order chi connectivity index (χ1) is 12.1. The van der Waals surface area contributed by atoms with Gasteiger partial charge in [0.25, 0.3) is 0 Å². The Hall–Kier alpha value is -2.03.